The van der Waals surface area contributed by atoms with Crippen LogP contribution in [0.4, 0.5) is 13.2 Å². The fraction of sp³-hybridized carbons (Fsp3) is 0.611. The minimum absolute atomic E-state index is 0.0553. The Hall–Kier alpha value is -1.56. The Bertz CT molecular complexity index is 557. The Morgan fingerprint density at radius 1 is 1.38 bits per heavy atom. The maximum atomic E-state index is 13.1. The van der Waals surface area contributed by atoms with Crippen LogP contribution in [-0.4, -0.2) is 37.5 Å². The second-order valence-electron chi connectivity index (χ2n) is 6.60. The fourth-order valence-corrected chi connectivity index (χ4v) is 3.43. The maximum absolute atomic E-state index is 13.1. The summed E-state index contributed by atoms with van der Waals surface area (Å²) in [4.78, 5) is 14.3. The summed E-state index contributed by atoms with van der Waals surface area (Å²) in [6.07, 6.45) is -2.25. The largest absolute Gasteiger partial charge is 0.416 e. The molecule has 1 aliphatic rings. The van der Waals surface area contributed by atoms with E-state index in [1.807, 2.05) is 7.05 Å². The molecular weight excluding hydrogens is 317 g/mol. The van der Waals surface area contributed by atoms with Gasteiger partial charge in [0.05, 0.1) is 5.56 Å². The molecule has 24 heavy (non-hydrogen) atoms. The van der Waals surface area contributed by atoms with Crippen LogP contribution in [0, 0.1) is 5.92 Å². The van der Waals surface area contributed by atoms with Gasteiger partial charge < -0.3 is 10.2 Å². The van der Waals surface area contributed by atoms with E-state index in [-0.39, 0.29) is 17.9 Å². The highest BCUT2D eigenvalue weighted by Gasteiger charge is 2.35. The predicted octanol–water partition coefficient (Wildman–Crippen LogP) is 3.66. The topological polar surface area (TPSA) is 32.3 Å². The zero-order valence-electron chi connectivity index (χ0n) is 14.2. The highest BCUT2D eigenvalue weighted by Crippen LogP contribution is 2.36. The van der Waals surface area contributed by atoms with Crippen molar-refractivity contribution in [2.45, 2.75) is 38.3 Å². The number of nitrogens with one attached hydrogen (secondary N) is 1. The van der Waals surface area contributed by atoms with E-state index in [0.717, 1.165) is 25.5 Å². The first-order valence-electron chi connectivity index (χ1n) is 8.41. The van der Waals surface area contributed by atoms with Crippen LogP contribution in [0.15, 0.2) is 24.3 Å². The number of hydrogen-bond acceptors (Lipinski definition) is 2. The van der Waals surface area contributed by atoms with Gasteiger partial charge in [0.15, 0.2) is 0 Å². The molecule has 1 aromatic rings. The highest BCUT2D eigenvalue weighted by molar-refractivity contribution is 5.77. The lowest BCUT2D eigenvalue weighted by Gasteiger charge is -2.33. The first kappa shape index (κ1) is 18.8. The van der Waals surface area contributed by atoms with Crippen LogP contribution in [0.2, 0.25) is 0 Å². The minimum Gasteiger partial charge on any atom is -0.342 e. The molecule has 0 unspecified atom stereocenters. The monoisotopic (exact) mass is 342 g/mol. The lowest BCUT2D eigenvalue weighted by atomic mass is 9.91. The summed E-state index contributed by atoms with van der Waals surface area (Å²) in [6.45, 7) is 3.94. The molecule has 0 aromatic heterocycles. The number of rotatable bonds is 5. The van der Waals surface area contributed by atoms with Crippen molar-refractivity contribution in [3.8, 4) is 0 Å². The molecule has 1 fully saturated rings. The van der Waals surface area contributed by atoms with E-state index in [4.69, 9.17) is 0 Å². The van der Waals surface area contributed by atoms with Gasteiger partial charge >= 0.3 is 6.18 Å². The van der Waals surface area contributed by atoms with E-state index in [2.05, 4.69) is 5.32 Å². The first-order valence-corrected chi connectivity index (χ1v) is 8.41. The number of halogens is 3. The third kappa shape index (κ3) is 4.72. The van der Waals surface area contributed by atoms with Crippen LogP contribution in [0.5, 0.6) is 0 Å². The molecule has 2 rings (SSSR count). The quantitative estimate of drug-likeness (QED) is 0.886. The zero-order valence-corrected chi connectivity index (χ0v) is 14.2. The standard InChI is InChI=1S/C18H25F3N2O/c1-13(15-7-3-4-8-16(15)18(19,20)21)10-17(24)23-9-5-6-14(12-23)11-22-2/h3-4,7-8,13-14,22H,5-6,9-12H2,1-2H3/t13-,14-/m0/s1. The molecule has 0 saturated carbocycles. The molecule has 1 saturated heterocycles. The van der Waals surface area contributed by atoms with Gasteiger partial charge in [0, 0.05) is 19.5 Å². The summed E-state index contributed by atoms with van der Waals surface area (Å²) in [5, 5.41) is 3.12. The number of benzene rings is 1. The number of carbonyl (C=O) groups excluding carboxylic acids is 1. The number of likely N-dealkylation sites (tertiary alicyclic amines) is 1. The molecule has 0 bridgehead atoms. The van der Waals surface area contributed by atoms with E-state index < -0.39 is 17.7 Å². The molecule has 1 aliphatic heterocycles. The van der Waals surface area contributed by atoms with Crippen LogP contribution < -0.4 is 5.32 Å². The zero-order chi connectivity index (χ0) is 17.7. The van der Waals surface area contributed by atoms with Gasteiger partial charge in [0.2, 0.25) is 5.91 Å². The van der Waals surface area contributed by atoms with Crippen LogP contribution in [0.3, 0.4) is 0 Å². The van der Waals surface area contributed by atoms with Crippen molar-refractivity contribution >= 4 is 5.91 Å². The third-order valence-electron chi connectivity index (χ3n) is 4.64. The van der Waals surface area contributed by atoms with E-state index in [9.17, 15) is 18.0 Å². The molecule has 0 aliphatic carbocycles. The Morgan fingerprint density at radius 2 is 2.08 bits per heavy atom. The van der Waals surface area contributed by atoms with Gasteiger partial charge in [-0.15, -0.1) is 0 Å². The lowest BCUT2D eigenvalue weighted by Crippen LogP contribution is -2.42. The summed E-state index contributed by atoms with van der Waals surface area (Å²) in [6, 6.07) is 5.53. The molecular formula is C18H25F3N2O. The highest BCUT2D eigenvalue weighted by atomic mass is 19.4. The molecule has 0 radical (unpaired) electrons. The fourth-order valence-electron chi connectivity index (χ4n) is 3.43. The van der Waals surface area contributed by atoms with Crippen molar-refractivity contribution < 1.29 is 18.0 Å². The van der Waals surface area contributed by atoms with Crippen molar-refractivity contribution in [3.63, 3.8) is 0 Å². The molecule has 1 amide bonds. The lowest BCUT2D eigenvalue weighted by molar-refractivity contribution is -0.139. The average molecular weight is 342 g/mol. The number of hydrogen-bond donors (Lipinski definition) is 1. The van der Waals surface area contributed by atoms with Gasteiger partial charge in [-0.1, -0.05) is 25.1 Å². The van der Waals surface area contributed by atoms with E-state index in [0.29, 0.717) is 19.0 Å². The number of amides is 1. The predicted molar refractivity (Wildman–Crippen MR) is 87.7 cm³/mol. The molecule has 1 N–H and O–H groups in total. The van der Waals surface area contributed by atoms with Gasteiger partial charge in [0.1, 0.15) is 0 Å². The summed E-state index contributed by atoms with van der Waals surface area (Å²) in [5.41, 5.74) is -0.445. The summed E-state index contributed by atoms with van der Waals surface area (Å²) < 4.78 is 39.4. The Balaban J connectivity index is 2.04. The van der Waals surface area contributed by atoms with Crippen molar-refractivity contribution in [2.75, 3.05) is 26.7 Å². The second-order valence-corrected chi connectivity index (χ2v) is 6.60. The number of nitrogens with zero attached hydrogens (tertiary/aromatic N) is 1. The summed E-state index contributed by atoms with van der Waals surface area (Å²) in [7, 11) is 1.89. The smallest absolute Gasteiger partial charge is 0.342 e. The Kier molecular flexibility index (Phi) is 6.27. The Morgan fingerprint density at radius 3 is 2.75 bits per heavy atom. The van der Waals surface area contributed by atoms with Crippen LogP contribution in [-0.2, 0) is 11.0 Å². The maximum Gasteiger partial charge on any atom is 0.416 e. The minimum atomic E-state index is -4.39. The van der Waals surface area contributed by atoms with Crippen molar-refractivity contribution in [1.82, 2.24) is 10.2 Å². The van der Waals surface area contributed by atoms with Crippen molar-refractivity contribution in [3.05, 3.63) is 35.4 Å². The average Bonchev–Trinajstić information content (AvgIpc) is 2.54. The van der Waals surface area contributed by atoms with Crippen LogP contribution in [0.1, 0.15) is 43.2 Å². The molecule has 1 aromatic carbocycles. The van der Waals surface area contributed by atoms with Crippen molar-refractivity contribution in [1.29, 1.82) is 0 Å². The number of carbonyl (C=O) groups is 1. The third-order valence-corrected chi connectivity index (χ3v) is 4.64. The van der Waals surface area contributed by atoms with Crippen LogP contribution in [0.25, 0.3) is 0 Å². The molecule has 3 nitrogen and oxygen atoms in total. The first-order chi connectivity index (χ1) is 11.3. The van der Waals surface area contributed by atoms with E-state index in [1.165, 1.54) is 12.1 Å². The molecule has 1 heterocycles. The second kappa shape index (κ2) is 8.01. The molecule has 134 valence electrons. The van der Waals surface area contributed by atoms with E-state index in [1.54, 1.807) is 17.9 Å². The van der Waals surface area contributed by atoms with Crippen molar-refractivity contribution in [2.24, 2.45) is 5.92 Å². The molecule has 0 spiro atoms. The normalized spacial score (nSPS) is 20.0. The number of piperidine rings is 1. The Labute approximate surface area is 141 Å². The van der Waals surface area contributed by atoms with Crippen LogP contribution >= 0.6 is 0 Å². The van der Waals surface area contributed by atoms with Gasteiger partial charge in [-0.2, -0.15) is 13.2 Å². The number of alkyl halides is 3. The van der Waals surface area contributed by atoms with E-state index >= 15 is 0 Å². The molecule has 6 heteroatoms. The molecule has 2 atom stereocenters. The van der Waals surface area contributed by atoms with Gasteiger partial charge in [-0.05, 0) is 49.9 Å². The van der Waals surface area contributed by atoms with Gasteiger partial charge in [0.25, 0.3) is 0 Å². The van der Waals surface area contributed by atoms with Gasteiger partial charge in [-0.25, -0.2) is 0 Å². The summed E-state index contributed by atoms with van der Waals surface area (Å²) in [5.74, 6) is -0.0919. The SMILES string of the molecule is CNC[C@@H]1CCCN(C(=O)C[C@H](C)c2ccccc2C(F)(F)F)C1. The van der Waals surface area contributed by atoms with Gasteiger partial charge in [-0.3, -0.25) is 4.79 Å². The summed E-state index contributed by atoms with van der Waals surface area (Å²) >= 11 is 0.